The molecule has 34 heavy (non-hydrogen) atoms. The van der Waals surface area contributed by atoms with Crippen molar-refractivity contribution in [2.45, 2.75) is 43.5 Å². The molecule has 4 aromatic rings. The Labute approximate surface area is 190 Å². The molecule has 178 valence electrons. The van der Waals surface area contributed by atoms with Gasteiger partial charge in [-0.25, -0.2) is 9.07 Å². The predicted molar refractivity (Wildman–Crippen MR) is 112 cm³/mol. The Morgan fingerprint density at radius 2 is 1.88 bits per heavy atom. The summed E-state index contributed by atoms with van der Waals surface area (Å²) >= 11 is 0. The second-order valence-electron chi connectivity index (χ2n) is 8.45. The number of rotatable bonds is 4. The number of fused-ring (bicyclic) bond motifs is 1. The number of H-pyrrole nitrogens is 1. The molecule has 1 aliphatic rings. The Hall–Kier alpha value is -3.51. The number of aromatic amines is 1. The van der Waals surface area contributed by atoms with Gasteiger partial charge in [-0.3, -0.25) is 5.32 Å². The first-order valence-corrected chi connectivity index (χ1v) is 10.5. The van der Waals surface area contributed by atoms with Crippen LogP contribution in [0.15, 0.2) is 48.7 Å². The van der Waals surface area contributed by atoms with Gasteiger partial charge in [0.1, 0.15) is 0 Å². The van der Waals surface area contributed by atoms with E-state index in [1.807, 2.05) is 12.1 Å². The first-order valence-electron chi connectivity index (χ1n) is 10.5. The minimum Gasteiger partial charge on any atom is -0.480 e. The summed E-state index contributed by atoms with van der Waals surface area (Å²) in [5.74, 6) is 0. The summed E-state index contributed by atoms with van der Waals surface area (Å²) in [6.45, 7) is 0.345. The molecule has 1 aliphatic heterocycles. The maximum absolute atomic E-state index is 14.5. The van der Waals surface area contributed by atoms with Crippen LogP contribution in [-0.4, -0.2) is 41.5 Å². The molecule has 3 atom stereocenters. The number of nitrogens with one attached hydrogen (secondary N) is 2. The fourth-order valence-electron chi connectivity index (χ4n) is 4.33. The normalized spacial score (nSPS) is 23.4. The Morgan fingerprint density at radius 3 is 2.62 bits per heavy atom. The highest BCUT2D eigenvalue weighted by Crippen LogP contribution is 2.41. The van der Waals surface area contributed by atoms with Crippen LogP contribution < -0.4 is 5.32 Å². The minimum absolute atomic E-state index is 0.0108. The molecule has 1 saturated heterocycles. The summed E-state index contributed by atoms with van der Waals surface area (Å²) in [4.78, 5) is 6.67. The van der Waals surface area contributed by atoms with Gasteiger partial charge < -0.3 is 15.2 Å². The van der Waals surface area contributed by atoms with E-state index in [0.29, 0.717) is 23.3 Å². The lowest BCUT2D eigenvalue weighted by Crippen LogP contribution is -2.46. The zero-order valence-electron chi connectivity index (χ0n) is 17.6. The molecule has 8 nitrogen and oxygen atoms in total. The first kappa shape index (κ1) is 22.3. The van der Waals surface area contributed by atoms with Gasteiger partial charge in [-0.2, -0.15) is 18.2 Å². The lowest BCUT2D eigenvalue weighted by Gasteiger charge is -2.39. The lowest BCUT2D eigenvalue weighted by molar-refractivity contribution is -0.137. The number of aromatic hydroxyl groups is 1. The third-order valence-corrected chi connectivity index (χ3v) is 5.98. The highest BCUT2D eigenvalue weighted by Gasteiger charge is 2.42. The number of halogens is 4. The molecule has 2 aromatic heterocycles. The molecule has 12 heteroatoms. The van der Waals surface area contributed by atoms with Crippen LogP contribution in [0, 0.1) is 0 Å². The van der Waals surface area contributed by atoms with Crippen LogP contribution in [0.3, 0.4) is 0 Å². The Balaban J connectivity index is 1.34. The molecule has 0 bridgehead atoms. The number of piperidine rings is 1. The maximum atomic E-state index is 14.5. The fourth-order valence-corrected chi connectivity index (χ4v) is 4.33. The van der Waals surface area contributed by atoms with E-state index in [1.165, 1.54) is 12.1 Å². The van der Waals surface area contributed by atoms with E-state index >= 15 is 0 Å². The first-order chi connectivity index (χ1) is 16.1. The van der Waals surface area contributed by atoms with Crippen molar-refractivity contribution in [2.24, 2.45) is 0 Å². The van der Waals surface area contributed by atoms with Gasteiger partial charge in [0.05, 0.1) is 46.7 Å². The summed E-state index contributed by atoms with van der Waals surface area (Å²) < 4.78 is 54.7. The average molecular weight is 476 g/mol. The Morgan fingerprint density at radius 1 is 1.12 bits per heavy atom. The lowest BCUT2D eigenvalue weighted by atomic mass is 9.80. The SMILES string of the molecule is Oc1nc2ccc(Cn3cc([C@@H]4C[C@](O)(c5ccc(C(F)(F)F)cc5)C[C@H](F)N4)nn3)cc2[nH]1. The molecule has 2 aromatic carbocycles. The second kappa shape index (κ2) is 8.06. The third-order valence-electron chi connectivity index (χ3n) is 5.98. The summed E-state index contributed by atoms with van der Waals surface area (Å²) in [6, 6.07) is 8.62. The number of hydrogen-bond acceptors (Lipinski definition) is 6. The molecule has 1 fully saturated rings. The van der Waals surface area contributed by atoms with Crippen LogP contribution in [-0.2, 0) is 18.3 Å². The van der Waals surface area contributed by atoms with Gasteiger partial charge >= 0.3 is 6.18 Å². The number of nitrogens with zero attached hydrogens (tertiary/aromatic N) is 4. The van der Waals surface area contributed by atoms with Crippen molar-refractivity contribution in [3.63, 3.8) is 0 Å². The standard InChI is InChI=1S/C22H20F4N6O2/c23-19-9-21(34,13-2-4-14(5-3-13)22(24,25)26)8-17(27-19)18-11-32(31-30-18)10-12-1-6-15-16(7-12)29-20(33)28-15/h1-7,11,17,19,27,34H,8-10H2,(H2,28,29,33)/t17-,19+,21+/m0/s1. The van der Waals surface area contributed by atoms with Crippen molar-refractivity contribution in [3.05, 3.63) is 71.0 Å². The van der Waals surface area contributed by atoms with E-state index in [9.17, 15) is 27.8 Å². The highest BCUT2D eigenvalue weighted by molar-refractivity contribution is 5.76. The minimum atomic E-state index is -4.50. The molecule has 5 rings (SSSR count). The maximum Gasteiger partial charge on any atom is 0.416 e. The smallest absolute Gasteiger partial charge is 0.416 e. The predicted octanol–water partition coefficient (Wildman–Crippen LogP) is 3.54. The van der Waals surface area contributed by atoms with Gasteiger partial charge in [0.25, 0.3) is 6.01 Å². The molecule has 0 unspecified atom stereocenters. The summed E-state index contributed by atoms with van der Waals surface area (Å²) in [6.07, 6.45) is -4.76. The molecular formula is C22H20F4N6O2. The van der Waals surface area contributed by atoms with Crippen molar-refractivity contribution in [1.29, 1.82) is 0 Å². The van der Waals surface area contributed by atoms with Crippen LogP contribution in [0.4, 0.5) is 17.6 Å². The molecule has 0 spiro atoms. The van der Waals surface area contributed by atoms with E-state index in [2.05, 4.69) is 25.6 Å². The summed E-state index contributed by atoms with van der Waals surface area (Å²) in [5, 5.41) is 31.5. The van der Waals surface area contributed by atoms with E-state index in [1.54, 1.807) is 16.9 Å². The van der Waals surface area contributed by atoms with Gasteiger partial charge in [-0.05, 0) is 35.4 Å². The topological polar surface area (TPSA) is 112 Å². The van der Waals surface area contributed by atoms with Crippen molar-refractivity contribution in [3.8, 4) is 6.01 Å². The summed E-state index contributed by atoms with van der Waals surface area (Å²) in [5.41, 5.74) is 0.222. The summed E-state index contributed by atoms with van der Waals surface area (Å²) in [7, 11) is 0. The van der Waals surface area contributed by atoms with Crippen LogP contribution >= 0.6 is 0 Å². The van der Waals surface area contributed by atoms with Crippen LogP contribution in [0.1, 0.15) is 41.3 Å². The molecule has 0 radical (unpaired) electrons. The van der Waals surface area contributed by atoms with Crippen LogP contribution in [0.25, 0.3) is 11.0 Å². The zero-order valence-corrected chi connectivity index (χ0v) is 17.6. The number of alkyl halides is 4. The number of hydrogen-bond donors (Lipinski definition) is 4. The monoisotopic (exact) mass is 476 g/mol. The van der Waals surface area contributed by atoms with Gasteiger partial charge in [-0.1, -0.05) is 23.4 Å². The largest absolute Gasteiger partial charge is 0.480 e. The Kier molecular flexibility index (Phi) is 5.29. The quantitative estimate of drug-likeness (QED) is 0.265. The van der Waals surface area contributed by atoms with Crippen molar-refractivity contribution in [1.82, 2.24) is 30.3 Å². The second-order valence-corrected chi connectivity index (χ2v) is 8.45. The van der Waals surface area contributed by atoms with E-state index in [4.69, 9.17) is 0 Å². The van der Waals surface area contributed by atoms with Crippen molar-refractivity contribution >= 4 is 11.0 Å². The molecular weight excluding hydrogens is 456 g/mol. The average Bonchev–Trinajstić information content (AvgIpc) is 3.38. The van der Waals surface area contributed by atoms with E-state index in [-0.39, 0.29) is 24.4 Å². The van der Waals surface area contributed by atoms with Crippen molar-refractivity contribution < 1.29 is 27.8 Å². The van der Waals surface area contributed by atoms with Gasteiger partial charge in [0.15, 0.2) is 6.30 Å². The Bertz CT molecular complexity index is 1320. The van der Waals surface area contributed by atoms with Gasteiger partial charge in [0, 0.05) is 12.8 Å². The number of imidazole rings is 1. The molecule has 0 aliphatic carbocycles. The van der Waals surface area contributed by atoms with Gasteiger partial charge in [-0.15, -0.1) is 5.10 Å². The third kappa shape index (κ3) is 4.33. The van der Waals surface area contributed by atoms with Crippen LogP contribution in [0.2, 0.25) is 0 Å². The molecule has 0 amide bonds. The fraction of sp³-hybridized carbons (Fsp3) is 0.318. The van der Waals surface area contributed by atoms with Crippen LogP contribution in [0.5, 0.6) is 6.01 Å². The molecule has 4 N–H and O–H groups in total. The van der Waals surface area contributed by atoms with Crippen molar-refractivity contribution in [2.75, 3.05) is 0 Å². The van der Waals surface area contributed by atoms with E-state index < -0.39 is 29.7 Å². The number of aliphatic hydroxyl groups is 1. The van der Waals surface area contributed by atoms with E-state index in [0.717, 1.165) is 17.7 Å². The van der Waals surface area contributed by atoms with Gasteiger partial charge in [0.2, 0.25) is 0 Å². The number of aromatic nitrogens is 5. The zero-order chi connectivity index (χ0) is 24.1. The molecule has 3 heterocycles. The molecule has 0 saturated carbocycles. The highest BCUT2D eigenvalue weighted by atomic mass is 19.4. The number of benzene rings is 2.